The van der Waals surface area contributed by atoms with Gasteiger partial charge in [-0.1, -0.05) is 20.3 Å². The molecular formula is C11H21NO. The summed E-state index contributed by atoms with van der Waals surface area (Å²) in [7, 11) is 0. The molecule has 1 aliphatic heterocycles. The number of likely N-dealkylation sites (tertiary alicyclic amines) is 1. The van der Waals surface area contributed by atoms with Crippen LogP contribution in [0.4, 0.5) is 0 Å². The van der Waals surface area contributed by atoms with Gasteiger partial charge in [0.05, 0.1) is 6.54 Å². The van der Waals surface area contributed by atoms with E-state index >= 15 is 0 Å². The van der Waals surface area contributed by atoms with Crippen LogP contribution in [0.1, 0.15) is 40.0 Å². The number of hydrogen-bond donors (Lipinski definition) is 0. The summed E-state index contributed by atoms with van der Waals surface area (Å²) in [4.78, 5) is 13.8. The van der Waals surface area contributed by atoms with Gasteiger partial charge in [0.15, 0.2) is 0 Å². The second kappa shape index (κ2) is 4.75. The first-order valence-corrected chi connectivity index (χ1v) is 5.38. The first-order valence-electron chi connectivity index (χ1n) is 5.38. The van der Waals surface area contributed by atoms with Gasteiger partial charge in [-0.25, -0.2) is 0 Å². The molecule has 0 aromatic rings. The number of rotatable bonds is 3. The Bertz CT molecular complexity index is 177. The summed E-state index contributed by atoms with van der Waals surface area (Å²) < 4.78 is 0. The molecule has 0 bridgehead atoms. The lowest BCUT2D eigenvalue weighted by Crippen LogP contribution is -2.41. The summed E-state index contributed by atoms with van der Waals surface area (Å²) in [5, 5.41) is 0. The number of ketones is 1. The van der Waals surface area contributed by atoms with Gasteiger partial charge in [-0.3, -0.25) is 9.69 Å². The van der Waals surface area contributed by atoms with Gasteiger partial charge in [0.25, 0.3) is 0 Å². The predicted octanol–water partition coefficient (Wildman–Crippen LogP) is 2.09. The predicted molar refractivity (Wildman–Crippen MR) is 54.7 cm³/mol. The van der Waals surface area contributed by atoms with E-state index in [1.165, 1.54) is 19.3 Å². The molecular weight excluding hydrogens is 162 g/mol. The van der Waals surface area contributed by atoms with E-state index in [2.05, 4.69) is 11.8 Å². The van der Waals surface area contributed by atoms with Gasteiger partial charge in [0.2, 0.25) is 0 Å². The van der Waals surface area contributed by atoms with Crippen LogP contribution in [0.25, 0.3) is 0 Å². The van der Waals surface area contributed by atoms with E-state index < -0.39 is 0 Å². The second-order valence-corrected chi connectivity index (χ2v) is 4.44. The molecule has 1 fully saturated rings. The van der Waals surface area contributed by atoms with Crippen molar-refractivity contribution >= 4 is 5.78 Å². The molecule has 0 amide bonds. The molecule has 1 heterocycles. The van der Waals surface area contributed by atoms with Crippen molar-refractivity contribution in [3.63, 3.8) is 0 Å². The zero-order valence-corrected chi connectivity index (χ0v) is 9.05. The summed E-state index contributed by atoms with van der Waals surface area (Å²) in [6.07, 6.45) is 3.84. The number of carbonyl (C=O) groups is 1. The molecule has 13 heavy (non-hydrogen) atoms. The Morgan fingerprint density at radius 2 is 2.15 bits per heavy atom. The molecule has 0 radical (unpaired) electrons. The maximum atomic E-state index is 11.5. The third kappa shape index (κ3) is 3.11. The minimum atomic E-state index is 0.189. The Balaban J connectivity index is 2.38. The molecule has 1 atom stereocenters. The summed E-state index contributed by atoms with van der Waals surface area (Å²) in [5.74, 6) is 0.572. The Morgan fingerprint density at radius 3 is 2.69 bits per heavy atom. The van der Waals surface area contributed by atoms with E-state index in [1.54, 1.807) is 0 Å². The maximum Gasteiger partial charge on any atom is 0.149 e. The van der Waals surface area contributed by atoms with Crippen LogP contribution >= 0.6 is 0 Å². The van der Waals surface area contributed by atoms with E-state index in [4.69, 9.17) is 0 Å². The van der Waals surface area contributed by atoms with E-state index in [-0.39, 0.29) is 5.92 Å². The lowest BCUT2D eigenvalue weighted by atomic mass is 10.0. The summed E-state index contributed by atoms with van der Waals surface area (Å²) in [5.41, 5.74) is 0. The van der Waals surface area contributed by atoms with Crippen molar-refractivity contribution in [2.75, 3.05) is 13.1 Å². The number of nitrogens with zero attached hydrogens (tertiary/aromatic N) is 1. The van der Waals surface area contributed by atoms with E-state index in [9.17, 15) is 4.79 Å². The van der Waals surface area contributed by atoms with Gasteiger partial charge in [0, 0.05) is 12.0 Å². The zero-order valence-electron chi connectivity index (χ0n) is 9.05. The molecule has 2 heteroatoms. The fourth-order valence-corrected chi connectivity index (χ4v) is 1.78. The first kappa shape index (κ1) is 10.7. The number of Topliss-reactive ketones (excluding diaryl/α,β-unsaturated/α-hetero) is 1. The van der Waals surface area contributed by atoms with Crippen molar-refractivity contribution in [2.24, 2.45) is 5.92 Å². The maximum absolute atomic E-state index is 11.5. The molecule has 0 spiro atoms. The van der Waals surface area contributed by atoms with Gasteiger partial charge in [-0.05, 0) is 26.3 Å². The SMILES string of the molecule is CC(C)C(=O)CN1CCCCC1C. The molecule has 0 aliphatic carbocycles. The Morgan fingerprint density at radius 1 is 1.46 bits per heavy atom. The highest BCUT2D eigenvalue weighted by atomic mass is 16.1. The second-order valence-electron chi connectivity index (χ2n) is 4.44. The fraction of sp³-hybridized carbons (Fsp3) is 0.909. The van der Waals surface area contributed by atoms with Crippen LogP contribution < -0.4 is 0 Å². The van der Waals surface area contributed by atoms with Crippen LogP contribution in [-0.2, 0) is 4.79 Å². The molecule has 0 aromatic carbocycles. The van der Waals surface area contributed by atoms with Crippen molar-refractivity contribution in [1.29, 1.82) is 0 Å². The number of carbonyl (C=O) groups excluding carboxylic acids is 1. The van der Waals surface area contributed by atoms with Crippen molar-refractivity contribution < 1.29 is 4.79 Å². The topological polar surface area (TPSA) is 20.3 Å². The van der Waals surface area contributed by atoms with E-state index in [1.807, 2.05) is 13.8 Å². The monoisotopic (exact) mass is 183 g/mol. The van der Waals surface area contributed by atoms with Crippen LogP contribution in [-0.4, -0.2) is 29.8 Å². The number of hydrogen-bond acceptors (Lipinski definition) is 2. The van der Waals surface area contributed by atoms with Crippen molar-refractivity contribution in [1.82, 2.24) is 4.90 Å². The molecule has 1 rings (SSSR count). The van der Waals surface area contributed by atoms with Gasteiger partial charge in [-0.15, -0.1) is 0 Å². The van der Waals surface area contributed by atoms with Crippen LogP contribution in [0.5, 0.6) is 0 Å². The van der Waals surface area contributed by atoms with Gasteiger partial charge < -0.3 is 0 Å². The van der Waals surface area contributed by atoms with Crippen LogP contribution in [0.3, 0.4) is 0 Å². The fourth-order valence-electron chi connectivity index (χ4n) is 1.78. The van der Waals surface area contributed by atoms with Gasteiger partial charge in [0.1, 0.15) is 5.78 Å². The Kier molecular flexibility index (Phi) is 3.91. The minimum Gasteiger partial charge on any atom is -0.298 e. The highest BCUT2D eigenvalue weighted by Gasteiger charge is 2.21. The Hall–Kier alpha value is -0.370. The highest BCUT2D eigenvalue weighted by Crippen LogP contribution is 2.16. The quantitative estimate of drug-likeness (QED) is 0.667. The third-order valence-corrected chi connectivity index (χ3v) is 2.94. The van der Waals surface area contributed by atoms with Crippen LogP contribution in [0.15, 0.2) is 0 Å². The van der Waals surface area contributed by atoms with Crippen LogP contribution in [0.2, 0.25) is 0 Å². The molecule has 0 N–H and O–H groups in total. The molecule has 1 unspecified atom stereocenters. The lowest BCUT2D eigenvalue weighted by Gasteiger charge is -2.33. The normalized spacial score (nSPS) is 25.1. The van der Waals surface area contributed by atoms with Crippen LogP contribution in [0, 0.1) is 5.92 Å². The summed E-state index contributed by atoms with van der Waals surface area (Å²) >= 11 is 0. The third-order valence-electron chi connectivity index (χ3n) is 2.94. The van der Waals surface area contributed by atoms with Gasteiger partial charge >= 0.3 is 0 Å². The number of piperidine rings is 1. The molecule has 1 aliphatic rings. The zero-order chi connectivity index (χ0) is 9.84. The van der Waals surface area contributed by atoms with Crippen molar-refractivity contribution in [3.05, 3.63) is 0 Å². The van der Waals surface area contributed by atoms with Crippen molar-refractivity contribution in [3.8, 4) is 0 Å². The average molecular weight is 183 g/mol. The first-order chi connectivity index (χ1) is 6.11. The molecule has 0 saturated carbocycles. The van der Waals surface area contributed by atoms with Crippen molar-refractivity contribution in [2.45, 2.75) is 46.1 Å². The lowest BCUT2D eigenvalue weighted by molar-refractivity contribution is -0.123. The smallest absolute Gasteiger partial charge is 0.149 e. The molecule has 0 aromatic heterocycles. The molecule has 2 nitrogen and oxygen atoms in total. The van der Waals surface area contributed by atoms with E-state index in [0.29, 0.717) is 18.4 Å². The largest absolute Gasteiger partial charge is 0.298 e. The summed E-state index contributed by atoms with van der Waals surface area (Å²) in [6.45, 7) is 7.97. The van der Waals surface area contributed by atoms with Gasteiger partial charge in [-0.2, -0.15) is 0 Å². The average Bonchev–Trinajstić information content (AvgIpc) is 2.08. The molecule has 1 saturated heterocycles. The minimum absolute atomic E-state index is 0.189. The Labute approximate surface area is 81.3 Å². The highest BCUT2D eigenvalue weighted by molar-refractivity contribution is 5.82. The summed E-state index contributed by atoms with van der Waals surface area (Å²) in [6, 6.07) is 0.608. The standard InChI is InChI=1S/C11H21NO/c1-9(2)11(13)8-12-7-5-4-6-10(12)3/h9-10H,4-8H2,1-3H3. The molecule has 76 valence electrons. The van der Waals surface area contributed by atoms with E-state index in [0.717, 1.165) is 6.54 Å².